The van der Waals surface area contributed by atoms with Crippen LogP contribution in [0, 0.1) is 0 Å². The van der Waals surface area contributed by atoms with Gasteiger partial charge in [0.2, 0.25) is 0 Å². The molecule has 4 aromatic rings. The molecule has 4 rings (SSSR count). The molecular formula is C22H21N5O3. The average Bonchev–Trinajstić information content (AvgIpc) is 3.19. The fourth-order valence-electron chi connectivity index (χ4n) is 3.33. The van der Waals surface area contributed by atoms with Crippen molar-refractivity contribution in [2.24, 2.45) is 12.8 Å². The van der Waals surface area contributed by atoms with Crippen LogP contribution in [-0.2, 0) is 7.05 Å². The second-order valence-electron chi connectivity index (χ2n) is 6.77. The molecule has 2 heterocycles. The van der Waals surface area contributed by atoms with Gasteiger partial charge >= 0.3 is 0 Å². The summed E-state index contributed by atoms with van der Waals surface area (Å²) in [7, 11) is 4.99. The van der Waals surface area contributed by atoms with Crippen LogP contribution in [0.1, 0.15) is 10.4 Å². The summed E-state index contributed by atoms with van der Waals surface area (Å²) in [5, 5.41) is 8.39. The van der Waals surface area contributed by atoms with Gasteiger partial charge in [0.15, 0.2) is 0 Å². The van der Waals surface area contributed by atoms with Crippen LogP contribution in [0.2, 0.25) is 0 Å². The van der Waals surface area contributed by atoms with E-state index in [1.165, 1.54) is 7.11 Å². The SMILES string of the molecule is COc1cc(Nc2ccnc3cc(OC)c(C(N)=O)cc23)cc(-c2cnn(C)c2)c1. The third kappa shape index (κ3) is 3.62. The fourth-order valence-corrected chi connectivity index (χ4v) is 3.33. The number of anilines is 2. The Labute approximate surface area is 173 Å². The van der Waals surface area contributed by atoms with E-state index in [-0.39, 0.29) is 0 Å². The predicted molar refractivity (Wildman–Crippen MR) is 115 cm³/mol. The van der Waals surface area contributed by atoms with Crippen LogP contribution in [0.3, 0.4) is 0 Å². The van der Waals surface area contributed by atoms with Crippen molar-refractivity contribution in [3.63, 3.8) is 0 Å². The highest BCUT2D eigenvalue weighted by atomic mass is 16.5. The molecule has 0 unspecified atom stereocenters. The zero-order valence-electron chi connectivity index (χ0n) is 16.8. The van der Waals surface area contributed by atoms with Crippen LogP contribution in [0.5, 0.6) is 11.5 Å². The smallest absolute Gasteiger partial charge is 0.252 e. The Bertz CT molecular complexity index is 1250. The first-order valence-electron chi connectivity index (χ1n) is 9.20. The maximum atomic E-state index is 11.9. The summed E-state index contributed by atoms with van der Waals surface area (Å²) < 4.78 is 12.5. The topological polar surface area (TPSA) is 104 Å². The number of nitrogens with zero attached hydrogens (tertiary/aromatic N) is 3. The van der Waals surface area contributed by atoms with E-state index in [0.717, 1.165) is 27.9 Å². The maximum Gasteiger partial charge on any atom is 0.252 e. The van der Waals surface area contributed by atoms with Crippen molar-refractivity contribution in [2.45, 2.75) is 0 Å². The van der Waals surface area contributed by atoms with Crippen LogP contribution in [0.25, 0.3) is 22.0 Å². The number of hydrogen-bond donors (Lipinski definition) is 2. The lowest BCUT2D eigenvalue weighted by Crippen LogP contribution is -2.12. The highest BCUT2D eigenvalue weighted by Crippen LogP contribution is 2.34. The lowest BCUT2D eigenvalue weighted by Gasteiger charge is -2.14. The van der Waals surface area contributed by atoms with E-state index >= 15 is 0 Å². The number of nitrogens with two attached hydrogens (primary N) is 1. The normalized spacial score (nSPS) is 10.8. The van der Waals surface area contributed by atoms with E-state index in [2.05, 4.69) is 15.4 Å². The van der Waals surface area contributed by atoms with E-state index in [9.17, 15) is 4.79 Å². The Morgan fingerprint density at radius 1 is 1.10 bits per heavy atom. The number of rotatable bonds is 6. The summed E-state index contributed by atoms with van der Waals surface area (Å²) in [6.45, 7) is 0. The minimum absolute atomic E-state index is 0.294. The van der Waals surface area contributed by atoms with Crippen LogP contribution < -0.4 is 20.5 Å². The summed E-state index contributed by atoms with van der Waals surface area (Å²) in [6, 6.07) is 11.1. The molecule has 0 aliphatic heterocycles. The van der Waals surface area contributed by atoms with Gasteiger partial charge in [0.1, 0.15) is 11.5 Å². The maximum absolute atomic E-state index is 11.9. The fraction of sp³-hybridized carbons (Fsp3) is 0.136. The van der Waals surface area contributed by atoms with Crippen molar-refractivity contribution in [3.8, 4) is 22.6 Å². The van der Waals surface area contributed by atoms with Crippen LogP contribution in [-0.4, -0.2) is 34.9 Å². The molecule has 1 amide bonds. The molecule has 0 atom stereocenters. The number of amides is 1. The molecule has 8 nitrogen and oxygen atoms in total. The molecule has 0 saturated heterocycles. The number of aromatic nitrogens is 3. The van der Waals surface area contributed by atoms with Crippen LogP contribution in [0.4, 0.5) is 11.4 Å². The Morgan fingerprint density at radius 3 is 2.60 bits per heavy atom. The largest absolute Gasteiger partial charge is 0.497 e. The monoisotopic (exact) mass is 403 g/mol. The van der Waals surface area contributed by atoms with Gasteiger partial charge in [-0.15, -0.1) is 0 Å². The predicted octanol–water partition coefficient (Wildman–Crippen LogP) is 3.50. The number of pyridine rings is 1. The van der Waals surface area contributed by atoms with Gasteiger partial charge in [0.05, 0.1) is 31.5 Å². The minimum atomic E-state index is -0.566. The standard InChI is InChI=1S/C22H21N5O3/c1-27-12-14(11-25-27)13-6-15(8-16(7-13)29-2)26-19-4-5-24-20-10-21(30-3)18(22(23)28)9-17(19)20/h4-12H,1-3H3,(H2,23,28)(H,24,26). The van der Waals surface area contributed by atoms with Gasteiger partial charge in [0, 0.05) is 53.9 Å². The molecule has 2 aromatic heterocycles. The summed E-state index contributed by atoms with van der Waals surface area (Å²) >= 11 is 0. The highest BCUT2D eigenvalue weighted by molar-refractivity contribution is 6.03. The number of hydrogen-bond acceptors (Lipinski definition) is 6. The Kier molecular flexibility index (Phi) is 4.97. The third-order valence-electron chi connectivity index (χ3n) is 4.79. The molecule has 0 aliphatic rings. The van der Waals surface area contributed by atoms with E-state index in [4.69, 9.17) is 15.2 Å². The number of ether oxygens (including phenoxy) is 2. The highest BCUT2D eigenvalue weighted by Gasteiger charge is 2.14. The summed E-state index contributed by atoms with van der Waals surface area (Å²) in [4.78, 5) is 16.2. The second-order valence-corrected chi connectivity index (χ2v) is 6.77. The number of fused-ring (bicyclic) bond motifs is 1. The lowest BCUT2D eigenvalue weighted by atomic mass is 10.1. The van der Waals surface area contributed by atoms with Gasteiger partial charge in [-0.1, -0.05) is 0 Å². The van der Waals surface area contributed by atoms with Crippen molar-refractivity contribution in [2.75, 3.05) is 19.5 Å². The van der Waals surface area contributed by atoms with E-state index in [0.29, 0.717) is 22.6 Å². The molecule has 3 N–H and O–H groups in total. The summed E-state index contributed by atoms with van der Waals surface area (Å²) in [5.41, 5.74) is 10.0. The lowest BCUT2D eigenvalue weighted by molar-refractivity contribution is 0.0997. The molecule has 0 bridgehead atoms. The van der Waals surface area contributed by atoms with Gasteiger partial charge < -0.3 is 20.5 Å². The van der Waals surface area contributed by atoms with E-state index in [1.54, 1.807) is 36.3 Å². The molecule has 30 heavy (non-hydrogen) atoms. The van der Waals surface area contributed by atoms with Crippen LogP contribution in [0.15, 0.2) is 55.0 Å². The van der Waals surface area contributed by atoms with Gasteiger partial charge in [0.25, 0.3) is 5.91 Å². The average molecular weight is 403 g/mol. The van der Waals surface area contributed by atoms with Crippen molar-refractivity contribution >= 4 is 28.2 Å². The van der Waals surface area contributed by atoms with E-state index < -0.39 is 5.91 Å². The molecule has 0 spiro atoms. The van der Waals surface area contributed by atoms with Gasteiger partial charge in [-0.2, -0.15) is 5.10 Å². The number of primary amides is 1. The van der Waals surface area contributed by atoms with Crippen molar-refractivity contribution < 1.29 is 14.3 Å². The van der Waals surface area contributed by atoms with Crippen molar-refractivity contribution in [3.05, 3.63) is 60.6 Å². The second kappa shape index (κ2) is 7.75. The summed E-state index contributed by atoms with van der Waals surface area (Å²) in [5.74, 6) is 0.528. The van der Waals surface area contributed by atoms with E-state index in [1.807, 2.05) is 37.5 Å². The quantitative estimate of drug-likeness (QED) is 0.511. The number of aryl methyl sites for hydroxylation is 1. The molecule has 8 heteroatoms. The van der Waals surface area contributed by atoms with Gasteiger partial charge in [-0.25, -0.2) is 0 Å². The first-order chi connectivity index (χ1) is 14.5. The number of carbonyl (C=O) groups is 1. The molecule has 152 valence electrons. The molecule has 0 aliphatic carbocycles. The molecule has 0 radical (unpaired) electrons. The zero-order valence-corrected chi connectivity index (χ0v) is 16.8. The number of carbonyl (C=O) groups excluding carboxylic acids is 1. The molecule has 0 saturated carbocycles. The van der Waals surface area contributed by atoms with Crippen molar-refractivity contribution in [1.82, 2.24) is 14.8 Å². The summed E-state index contributed by atoms with van der Waals surface area (Å²) in [6.07, 6.45) is 5.42. The molecule has 2 aromatic carbocycles. The first-order valence-corrected chi connectivity index (χ1v) is 9.20. The Morgan fingerprint density at radius 2 is 1.93 bits per heavy atom. The molecular weight excluding hydrogens is 382 g/mol. The zero-order chi connectivity index (χ0) is 21.3. The van der Waals surface area contributed by atoms with Gasteiger partial charge in [-0.3, -0.25) is 14.5 Å². The Balaban J connectivity index is 1.80. The number of benzene rings is 2. The number of methoxy groups -OCH3 is 2. The third-order valence-corrected chi connectivity index (χ3v) is 4.79. The van der Waals surface area contributed by atoms with Gasteiger partial charge in [-0.05, 0) is 29.8 Å². The first kappa shape index (κ1) is 19.3. The van der Waals surface area contributed by atoms with Crippen LogP contribution >= 0.6 is 0 Å². The number of nitrogens with one attached hydrogen (secondary N) is 1. The minimum Gasteiger partial charge on any atom is -0.497 e. The van der Waals surface area contributed by atoms with Crippen molar-refractivity contribution in [1.29, 1.82) is 0 Å². The molecule has 0 fully saturated rings. The Hall–Kier alpha value is -4.07.